The minimum atomic E-state index is -0.132. The first-order chi connectivity index (χ1) is 23.5. The summed E-state index contributed by atoms with van der Waals surface area (Å²) in [4.78, 5) is 26.0. The summed E-state index contributed by atoms with van der Waals surface area (Å²) >= 11 is 1.55. The fourth-order valence-electron chi connectivity index (χ4n) is 7.85. The number of carbonyl (C=O) groups is 1. The van der Waals surface area contributed by atoms with Crippen molar-refractivity contribution in [3.63, 3.8) is 0 Å². The normalized spacial score (nSPS) is 18.2. The number of nitrogens with zero attached hydrogens (tertiary/aromatic N) is 4. The second kappa shape index (κ2) is 13.4. The molecule has 5 aromatic rings. The van der Waals surface area contributed by atoms with Gasteiger partial charge in [0.05, 0.1) is 0 Å². The lowest BCUT2D eigenvalue weighted by atomic mass is 9.77. The van der Waals surface area contributed by atoms with Crippen LogP contribution in [0.3, 0.4) is 0 Å². The van der Waals surface area contributed by atoms with Gasteiger partial charge in [-0.2, -0.15) is 0 Å². The zero-order valence-corrected chi connectivity index (χ0v) is 28.7. The molecule has 3 saturated heterocycles. The second-order valence-electron chi connectivity index (χ2n) is 14.0. The highest BCUT2D eigenvalue weighted by Gasteiger charge is 2.40. The summed E-state index contributed by atoms with van der Waals surface area (Å²) in [5.74, 6) is 0.623. The van der Waals surface area contributed by atoms with E-state index < -0.39 is 0 Å². The van der Waals surface area contributed by atoms with Crippen molar-refractivity contribution in [2.45, 2.75) is 58.4 Å². The van der Waals surface area contributed by atoms with Crippen LogP contribution in [-0.2, 0) is 13.0 Å². The van der Waals surface area contributed by atoms with E-state index in [2.05, 4.69) is 93.7 Å². The number of carbonyl (C=O) groups excluding carboxylic acids is 1. The van der Waals surface area contributed by atoms with Gasteiger partial charge in [-0.1, -0.05) is 54.7 Å². The van der Waals surface area contributed by atoms with Gasteiger partial charge < -0.3 is 14.2 Å². The van der Waals surface area contributed by atoms with E-state index in [1.54, 1.807) is 11.3 Å². The van der Waals surface area contributed by atoms with E-state index in [1.807, 2.05) is 12.1 Å². The Kier molecular flexibility index (Phi) is 8.70. The topological polar surface area (TPSA) is 64.9 Å². The molecular formula is C40H45N5O2S. The number of likely N-dealkylation sites (tertiary alicyclic amines) is 1. The molecule has 3 fully saturated rings. The molecule has 0 atom stereocenters. The van der Waals surface area contributed by atoms with Crippen LogP contribution in [0.2, 0.25) is 0 Å². The maximum atomic E-state index is 13.5. The first-order valence-corrected chi connectivity index (χ1v) is 18.6. The maximum Gasteiger partial charge on any atom is 0.257 e. The van der Waals surface area contributed by atoms with Gasteiger partial charge in [0.25, 0.3) is 5.91 Å². The third-order valence-corrected chi connectivity index (χ3v) is 11.8. The van der Waals surface area contributed by atoms with Crippen LogP contribution < -0.4 is 15.1 Å². The molecule has 1 N–H and O–H groups in total. The Bertz CT molecular complexity index is 1870. The lowest BCUT2D eigenvalue weighted by molar-refractivity contribution is 0.102. The van der Waals surface area contributed by atoms with E-state index in [0.717, 1.165) is 92.5 Å². The Morgan fingerprint density at radius 1 is 0.854 bits per heavy atom. The molecule has 3 aliphatic heterocycles. The number of fused-ring (bicyclic) bond motifs is 1. The molecule has 7 nitrogen and oxygen atoms in total. The van der Waals surface area contributed by atoms with Crippen molar-refractivity contribution in [2.24, 2.45) is 5.41 Å². The van der Waals surface area contributed by atoms with E-state index in [4.69, 9.17) is 9.40 Å². The highest BCUT2D eigenvalue weighted by atomic mass is 32.1. The monoisotopic (exact) mass is 659 g/mol. The van der Waals surface area contributed by atoms with Crippen LogP contribution in [0, 0.1) is 5.41 Å². The van der Waals surface area contributed by atoms with Crippen LogP contribution in [0.25, 0.3) is 22.4 Å². The van der Waals surface area contributed by atoms with E-state index in [0.29, 0.717) is 16.1 Å². The number of rotatable bonds is 8. The quantitative estimate of drug-likeness (QED) is 0.180. The van der Waals surface area contributed by atoms with E-state index >= 15 is 0 Å². The third-order valence-electron chi connectivity index (χ3n) is 10.8. The molecule has 8 heteroatoms. The van der Waals surface area contributed by atoms with Gasteiger partial charge >= 0.3 is 0 Å². The average molecular weight is 660 g/mol. The zero-order valence-electron chi connectivity index (χ0n) is 27.9. The van der Waals surface area contributed by atoms with Crippen molar-refractivity contribution in [3.05, 3.63) is 95.6 Å². The predicted molar refractivity (Wildman–Crippen MR) is 197 cm³/mol. The molecular weight excluding hydrogens is 615 g/mol. The summed E-state index contributed by atoms with van der Waals surface area (Å²) in [7, 11) is 0. The number of hydrogen-bond acceptors (Lipinski definition) is 7. The molecule has 2 aromatic heterocycles. The number of nitrogens with one attached hydrogen (secondary N) is 1. The highest BCUT2D eigenvalue weighted by molar-refractivity contribution is 7.20. The largest absolute Gasteiger partial charge is 0.454 e. The van der Waals surface area contributed by atoms with Gasteiger partial charge in [-0.15, -0.1) is 0 Å². The summed E-state index contributed by atoms with van der Waals surface area (Å²) in [6.45, 7) is 9.70. The van der Waals surface area contributed by atoms with Crippen LogP contribution in [-0.4, -0.2) is 55.1 Å². The molecule has 0 aliphatic carbocycles. The fourth-order valence-corrected chi connectivity index (χ4v) is 8.87. The molecule has 0 unspecified atom stereocenters. The van der Waals surface area contributed by atoms with Crippen molar-refractivity contribution in [2.75, 3.05) is 54.4 Å². The van der Waals surface area contributed by atoms with Crippen LogP contribution in [0.1, 0.15) is 66.9 Å². The lowest BCUT2D eigenvalue weighted by Gasteiger charge is -2.39. The zero-order chi connectivity index (χ0) is 32.5. The van der Waals surface area contributed by atoms with Gasteiger partial charge in [0.2, 0.25) is 0 Å². The number of aryl methyl sites for hydroxylation is 1. The minimum absolute atomic E-state index is 0.132. The van der Waals surface area contributed by atoms with Gasteiger partial charge in [0, 0.05) is 49.4 Å². The van der Waals surface area contributed by atoms with Gasteiger partial charge in [-0.05, 0) is 117 Å². The number of piperidine rings is 2. The standard InChI is InChI=1S/C40H45N5O2S/c1-2-29-11-16-34-32(25-29)26-35(47-34)36-38(44-20-7-4-8-21-44)48-39(41-36)42-37(46)31-12-14-33(15-13-31)45-24-19-40(28-45)17-22-43(23-18-40)27-30-9-5-3-6-10-30/h3,5-6,9-16,25-26H,2,4,7-8,17-24,27-28H2,1H3,(H,41,42,46). The predicted octanol–water partition coefficient (Wildman–Crippen LogP) is 8.85. The SMILES string of the molecule is CCc1ccc2oc(-c3nc(NC(=O)c4ccc(N5CCC6(CCN(Cc7ccccc7)CC6)C5)cc4)sc3N3CCCCC3)cc2c1. The fraction of sp³-hybridized carbons (Fsp3) is 0.400. The first-order valence-electron chi connectivity index (χ1n) is 17.8. The number of anilines is 3. The van der Waals surface area contributed by atoms with E-state index in [-0.39, 0.29) is 5.91 Å². The van der Waals surface area contributed by atoms with E-state index in [1.165, 1.54) is 42.5 Å². The van der Waals surface area contributed by atoms with Crippen molar-refractivity contribution < 1.29 is 9.21 Å². The van der Waals surface area contributed by atoms with Crippen LogP contribution in [0.5, 0.6) is 0 Å². The lowest BCUT2D eigenvalue weighted by Crippen LogP contribution is -2.41. The number of furan rings is 1. The molecule has 0 bridgehead atoms. The Hall–Kier alpha value is -4.14. The number of amides is 1. The summed E-state index contributed by atoms with van der Waals surface area (Å²) in [6, 6.07) is 27.4. The van der Waals surface area contributed by atoms with Gasteiger partial charge in [0.1, 0.15) is 16.3 Å². The molecule has 0 saturated carbocycles. The van der Waals surface area contributed by atoms with Crippen LogP contribution in [0.4, 0.5) is 15.8 Å². The molecule has 1 amide bonds. The smallest absolute Gasteiger partial charge is 0.257 e. The number of thiazole rings is 1. The molecule has 1 spiro atoms. The van der Waals surface area contributed by atoms with Gasteiger partial charge in [-0.3, -0.25) is 15.0 Å². The van der Waals surface area contributed by atoms with Crippen molar-refractivity contribution in [1.29, 1.82) is 0 Å². The average Bonchev–Trinajstić information content (AvgIpc) is 3.87. The Labute approximate surface area is 287 Å². The van der Waals surface area contributed by atoms with E-state index in [9.17, 15) is 4.79 Å². The molecule has 5 heterocycles. The minimum Gasteiger partial charge on any atom is -0.454 e. The van der Waals surface area contributed by atoms with Crippen LogP contribution in [0.15, 0.2) is 83.3 Å². The number of aromatic nitrogens is 1. The maximum absolute atomic E-state index is 13.5. The Morgan fingerprint density at radius 2 is 1.62 bits per heavy atom. The van der Waals surface area contributed by atoms with Crippen molar-refractivity contribution in [1.82, 2.24) is 9.88 Å². The third kappa shape index (κ3) is 6.48. The summed E-state index contributed by atoms with van der Waals surface area (Å²) < 4.78 is 6.32. The summed E-state index contributed by atoms with van der Waals surface area (Å²) in [5, 5.41) is 5.89. The van der Waals surface area contributed by atoms with Crippen LogP contribution >= 0.6 is 11.3 Å². The number of hydrogen-bond donors (Lipinski definition) is 1. The van der Waals surface area contributed by atoms with Gasteiger partial charge in [-0.25, -0.2) is 4.98 Å². The number of benzene rings is 3. The molecule has 0 radical (unpaired) electrons. The van der Waals surface area contributed by atoms with Crippen molar-refractivity contribution >= 4 is 44.0 Å². The van der Waals surface area contributed by atoms with Gasteiger partial charge in [0.15, 0.2) is 10.9 Å². The molecule has 48 heavy (non-hydrogen) atoms. The Morgan fingerprint density at radius 3 is 2.40 bits per heavy atom. The molecule has 248 valence electrons. The summed E-state index contributed by atoms with van der Waals surface area (Å²) in [5.41, 5.74) is 6.62. The molecule has 3 aliphatic rings. The molecule has 8 rings (SSSR count). The Balaban J connectivity index is 0.935. The summed E-state index contributed by atoms with van der Waals surface area (Å²) in [6.07, 6.45) is 8.30. The molecule has 3 aromatic carbocycles. The highest BCUT2D eigenvalue weighted by Crippen LogP contribution is 2.43. The second-order valence-corrected chi connectivity index (χ2v) is 15.0. The first kappa shape index (κ1) is 31.1. The van der Waals surface area contributed by atoms with Crippen molar-refractivity contribution in [3.8, 4) is 11.5 Å².